The van der Waals surface area contributed by atoms with Crippen LogP contribution < -0.4 is 0 Å². The van der Waals surface area contributed by atoms with Crippen LogP contribution in [-0.2, 0) is 11.2 Å². The highest BCUT2D eigenvalue weighted by molar-refractivity contribution is 5.91. The Morgan fingerprint density at radius 1 is 1.08 bits per heavy atom. The SMILES string of the molecule is O=C(CCc1c(-c2ccccc2)[nH]c2ccc(F)cc12)N1CCCC1. The van der Waals surface area contributed by atoms with E-state index < -0.39 is 0 Å². The molecule has 128 valence electrons. The molecule has 0 atom stereocenters. The Bertz CT molecular complexity index is 895. The lowest BCUT2D eigenvalue weighted by atomic mass is 10.0. The summed E-state index contributed by atoms with van der Waals surface area (Å²) in [5.74, 6) is -0.0551. The van der Waals surface area contributed by atoms with Crippen molar-refractivity contribution in [3.8, 4) is 11.3 Å². The predicted molar refractivity (Wildman–Crippen MR) is 97.8 cm³/mol. The topological polar surface area (TPSA) is 36.1 Å². The smallest absolute Gasteiger partial charge is 0.222 e. The number of rotatable bonds is 4. The second-order valence-corrected chi connectivity index (χ2v) is 6.62. The average molecular weight is 336 g/mol. The van der Waals surface area contributed by atoms with Crippen LogP contribution in [0.1, 0.15) is 24.8 Å². The number of carbonyl (C=O) groups is 1. The maximum Gasteiger partial charge on any atom is 0.222 e. The first-order valence-corrected chi connectivity index (χ1v) is 8.85. The maximum absolute atomic E-state index is 13.8. The van der Waals surface area contributed by atoms with Crippen LogP contribution in [-0.4, -0.2) is 28.9 Å². The minimum absolute atomic E-state index is 0.197. The Morgan fingerprint density at radius 2 is 1.84 bits per heavy atom. The summed E-state index contributed by atoms with van der Waals surface area (Å²) in [6.45, 7) is 1.74. The first kappa shape index (κ1) is 15.9. The Labute approximate surface area is 146 Å². The average Bonchev–Trinajstić information content (AvgIpc) is 3.28. The molecule has 0 radical (unpaired) electrons. The van der Waals surface area contributed by atoms with Crippen molar-refractivity contribution in [3.05, 3.63) is 59.9 Å². The molecule has 4 rings (SSSR count). The number of aromatic amines is 1. The monoisotopic (exact) mass is 336 g/mol. The number of aryl methyl sites for hydroxylation is 1. The Kier molecular flexibility index (Phi) is 4.26. The molecule has 2 heterocycles. The largest absolute Gasteiger partial charge is 0.354 e. The van der Waals surface area contributed by atoms with Crippen LogP contribution in [0.2, 0.25) is 0 Å². The number of nitrogens with one attached hydrogen (secondary N) is 1. The number of aromatic nitrogens is 1. The number of likely N-dealkylation sites (tertiary alicyclic amines) is 1. The molecule has 4 heteroatoms. The van der Waals surface area contributed by atoms with Crippen molar-refractivity contribution in [3.63, 3.8) is 0 Å². The van der Waals surface area contributed by atoms with Crippen LogP contribution in [0.4, 0.5) is 4.39 Å². The molecule has 0 aliphatic carbocycles. The van der Waals surface area contributed by atoms with E-state index in [9.17, 15) is 9.18 Å². The number of benzene rings is 2. The minimum atomic E-state index is -0.252. The van der Waals surface area contributed by atoms with Gasteiger partial charge in [0.25, 0.3) is 0 Å². The number of halogens is 1. The van der Waals surface area contributed by atoms with Crippen LogP contribution in [0, 0.1) is 5.82 Å². The molecule has 1 amide bonds. The summed E-state index contributed by atoms with van der Waals surface area (Å²) < 4.78 is 13.8. The number of carbonyl (C=O) groups excluding carboxylic acids is 1. The summed E-state index contributed by atoms with van der Waals surface area (Å²) in [7, 11) is 0. The van der Waals surface area contributed by atoms with Crippen LogP contribution in [0.5, 0.6) is 0 Å². The molecule has 0 spiro atoms. The summed E-state index contributed by atoms with van der Waals surface area (Å²) in [5.41, 5.74) is 3.97. The van der Waals surface area contributed by atoms with Crippen LogP contribution in [0.25, 0.3) is 22.2 Å². The van der Waals surface area contributed by atoms with Crippen LogP contribution in [0.3, 0.4) is 0 Å². The standard InChI is InChI=1S/C21H21FN2O/c22-16-8-10-19-18(14-16)17(9-11-20(25)24-12-4-5-13-24)21(23-19)15-6-2-1-3-7-15/h1-3,6-8,10,14,23H,4-5,9,11-13H2. The normalized spacial score (nSPS) is 14.4. The van der Waals surface area contributed by atoms with E-state index in [-0.39, 0.29) is 11.7 Å². The third-order valence-corrected chi connectivity index (χ3v) is 4.98. The zero-order chi connectivity index (χ0) is 17.2. The van der Waals surface area contributed by atoms with Crippen LogP contribution >= 0.6 is 0 Å². The highest BCUT2D eigenvalue weighted by Crippen LogP contribution is 2.32. The fraction of sp³-hybridized carbons (Fsp3) is 0.286. The van der Waals surface area contributed by atoms with E-state index in [4.69, 9.17) is 0 Å². The predicted octanol–water partition coefficient (Wildman–Crippen LogP) is 4.53. The molecule has 1 N–H and O–H groups in total. The van der Waals surface area contributed by atoms with Crippen molar-refractivity contribution in [2.45, 2.75) is 25.7 Å². The molecule has 25 heavy (non-hydrogen) atoms. The van der Waals surface area contributed by atoms with Crippen molar-refractivity contribution in [1.29, 1.82) is 0 Å². The first-order valence-electron chi connectivity index (χ1n) is 8.85. The lowest BCUT2D eigenvalue weighted by Crippen LogP contribution is -2.27. The number of amides is 1. The van der Waals surface area contributed by atoms with Crippen molar-refractivity contribution in [1.82, 2.24) is 9.88 Å². The summed E-state index contributed by atoms with van der Waals surface area (Å²) >= 11 is 0. The number of nitrogens with zero attached hydrogens (tertiary/aromatic N) is 1. The molecule has 1 aliphatic heterocycles. The number of fused-ring (bicyclic) bond motifs is 1. The Morgan fingerprint density at radius 3 is 2.60 bits per heavy atom. The molecule has 1 saturated heterocycles. The summed E-state index contributed by atoms with van der Waals surface area (Å²) in [6, 6.07) is 14.8. The first-order chi connectivity index (χ1) is 12.2. The molecule has 0 unspecified atom stereocenters. The quantitative estimate of drug-likeness (QED) is 0.746. The van der Waals surface area contributed by atoms with E-state index in [1.807, 2.05) is 35.2 Å². The second-order valence-electron chi connectivity index (χ2n) is 6.62. The molecule has 0 bridgehead atoms. The van der Waals surface area contributed by atoms with E-state index in [0.29, 0.717) is 12.8 Å². The van der Waals surface area contributed by atoms with Gasteiger partial charge in [0.2, 0.25) is 5.91 Å². The maximum atomic E-state index is 13.8. The lowest BCUT2D eigenvalue weighted by Gasteiger charge is -2.15. The van der Waals surface area contributed by atoms with Crippen molar-refractivity contribution in [2.24, 2.45) is 0 Å². The summed E-state index contributed by atoms with van der Waals surface area (Å²) in [6.07, 6.45) is 3.27. The van der Waals surface area contributed by atoms with Gasteiger partial charge in [-0.05, 0) is 48.6 Å². The van der Waals surface area contributed by atoms with Crippen molar-refractivity contribution >= 4 is 16.8 Å². The van der Waals surface area contributed by atoms with Crippen molar-refractivity contribution in [2.75, 3.05) is 13.1 Å². The minimum Gasteiger partial charge on any atom is -0.354 e. The van der Waals surface area contributed by atoms with Crippen LogP contribution in [0.15, 0.2) is 48.5 Å². The van der Waals surface area contributed by atoms with Gasteiger partial charge in [0.05, 0.1) is 0 Å². The molecular weight excluding hydrogens is 315 g/mol. The number of H-pyrrole nitrogens is 1. The third kappa shape index (κ3) is 3.16. The van der Waals surface area contributed by atoms with E-state index >= 15 is 0 Å². The van der Waals surface area contributed by atoms with Gasteiger partial charge >= 0.3 is 0 Å². The number of hydrogen-bond donors (Lipinski definition) is 1. The third-order valence-electron chi connectivity index (χ3n) is 4.98. The Balaban J connectivity index is 1.69. The molecule has 3 nitrogen and oxygen atoms in total. The van der Waals surface area contributed by atoms with E-state index in [1.54, 1.807) is 12.1 Å². The van der Waals surface area contributed by atoms with Gasteiger partial charge in [-0.25, -0.2) is 4.39 Å². The van der Waals surface area contributed by atoms with E-state index in [1.165, 1.54) is 6.07 Å². The van der Waals surface area contributed by atoms with E-state index in [0.717, 1.165) is 53.7 Å². The molecule has 3 aromatic rings. The molecule has 2 aromatic carbocycles. The second kappa shape index (κ2) is 6.71. The molecule has 1 aliphatic rings. The van der Waals surface area contributed by atoms with Gasteiger partial charge < -0.3 is 9.88 Å². The zero-order valence-electron chi connectivity index (χ0n) is 14.1. The zero-order valence-corrected chi connectivity index (χ0v) is 14.1. The molecule has 1 fully saturated rings. The van der Waals surface area contributed by atoms with Gasteiger partial charge in [-0.15, -0.1) is 0 Å². The van der Waals surface area contributed by atoms with Crippen molar-refractivity contribution < 1.29 is 9.18 Å². The Hall–Kier alpha value is -2.62. The van der Waals surface area contributed by atoms with Gasteiger partial charge in [-0.2, -0.15) is 0 Å². The van der Waals surface area contributed by atoms with E-state index in [2.05, 4.69) is 4.98 Å². The fourth-order valence-corrected chi connectivity index (χ4v) is 3.69. The fourth-order valence-electron chi connectivity index (χ4n) is 3.69. The summed E-state index contributed by atoms with van der Waals surface area (Å²) in [5, 5.41) is 0.869. The lowest BCUT2D eigenvalue weighted by molar-refractivity contribution is -0.130. The summed E-state index contributed by atoms with van der Waals surface area (Å²) in [4.78, 5) is 17.8. The molecular formula is C21H21FN2O. The van der Waals surface area contributed by atoms with Gasteiger partial charge in [0.15, 0.2) is 0 Å². The van der Waals surface area contributed by atoms with Gasteiger partial charge in [0, 0.05) is 36.1 Å². The van der Waals surface area contributed by atoms with Gasteiger partial charge in [-0.3, -0.25) is 4.79 Å². The molecule has 0 saturated carbocycles. The van der Waals surface area contributed by atoms with Gasteiger partial charge in [0.1, 0.15) is 5.82 Å². The molecule has 1 aromatic heterocycles. The highest BCUT2D eigenvalue weighted by atomic mass is 19.1. The number of hydrogen-bond acceptors (Lipinski definition) is 1. The highest BCUT2D eigenvalue weighted by Gasteiger charge is 2.20. The van der Waals surface area contributed by atoms with Gasteiger partial charge in [-0.1, -0.05) is 30.3 Å².